The summed E-state index contributed by atoms with van der Waals surface area (Å²) in [7, 11) is 0. The summed E-state index contributed by atoms with van der Waals surface area (Å²) >= 11 is 0. The number of nitrogens with one attached hydrogen (secondary N) is 1. The van der Waals surface area contributed by atoms with Gasteiger partial charge in [-0.25, -0.2) is 4.79 Å². The van der Waals surface area contributed by atoms with E-state index in [9.17, 15) is 14.4 Å². The molecule has 1 spiro atoms. The highest BCUT2D eigenvalue weighted by Gasteiger charge is 2.48. The Morgan fingerprint density at radius 1 is 1.07 bits per heavy atom. The van der Waals surface area contributed by atoms with Gasteiger partial charge < -0.3 is 19.5 Å². The van der Waals surface area contributed by atoms with Gasteiger partial charge in [0.2, 0.25) is 0 Å². The van der Waals surface area contributed by atoms with E-state index in [0.29, 0.717) is 38.0 Å². The molecule has 7 heteroatoms. The van der Waals surface area contributed by atoms with E-state index in [0.717, 1.165) is 36.6 Å². The van der Waals surface area contributed by atoms with Crippen LogP contribution in [0.25, 0.3) is 10.9 Å². The highest BCUT2D eigenvalue weighted by atomic mass is 16.6. The zero-order valence-electron chi connectivity index (χ0n) is 17.1. The van der Waals surface area contributed by atoms with E-state index in [4.69, 9.17) is 4.74 Å². The number of piperidine rings is 1. The number of aromatic amines is 1. The summed E-state index contributed by atoms with van der Waals surface area (Å²) in [6, 6.07) is 7.55. The minimum atomic E-state index is -0.479. The van der Waals surface area contributed by atoms with Gasteiger partial charge in [-0.1, -0.05) is 24.6 Å². The first-order valence-corrected chi connectivity index (χ1v) is 11.0. The zero-order valence-corrected chi connectivity index (χ0v) is 17.1. The summed E-state index contributed by atoms with van der Waals surface area (Å²) in [6.45, 7) is 1.63. The molecule has 0 unspecified atom stereocenters. The van der Waals surface area contributed by atoms with Gasteiger partial charge in [0.25, 0.3) is 11.7 Å². The van der Waals surface area contributed by atoms with Crippen molar-refractivity contribution in [2.75, 3.05) is 19.6 Å². The number of carbonyl (C=O) groups excluding carboxylic acids is 3. The second-order valence-corrected chi connectivity index (χ2v) is 8.84. The molecule has 2 saturated heterocycles. The average molecular weight is 409 g/mol. The fourth-order valence-corrected chi connectivity index (χ4v) is 5.28. The maximum Gasteiger partial charge on any atom is 0.410 e. The number of amides is 2. The molecule has 30 heavy (non-hydrogen) atoms. The van der Waals surface area contributed by atoms with Crippen molar-refractivity contribution in [3.8, 4) is 0 Å². The molecule has 0 bridgehead atoms. The number of fused-ring (bicyclic) bond motifs is 1. The van der Waals surface area contributed by atoms with Gasteiger partial charge in [0.15, 0.2) is 0 Å². The number of H-pyrrole nitrogens is 1. The van der Waals surface area contributed by atoms with Gasteiger partial charge in [0, 0.05) is 36.2 Å². The lowest BCUT2D eigenvalue weighted by Gasteiger charge is -2.36. The SMILES string of the molecule is O=C(C(=O)N1CCC(N2CC3(CCCCC3)OC2=O)CC1)c1c[nH]c2ccccc12. The van der Waals surface area contributed by atoms with Crippen LogP contribution in [0.4, 0.5) is 4.79 Å². The van der Waals surface area contributed by atoms with Crippen molar-refractivity contribution in [1.82, 2.24) is 14.8 Å². The molecular weight excluding hydrogens is 382 g/mol. The molecule has 1 saturated carbocycles. The lowest BCUT2D eigenvalue weighted by Crippen LogP contribution is -2.49. The number of para-hydroxylation sites is 1. The van der Waals surface area contributed by atoms with Crippen LogP contribution in [0, 0.1) is 0 Å². The molecule has 0 atom stereocenters. The van der Waals surface area contributed by atoms with Crippen molar-refractivity contribution in [2.24, 2.45) is 0 Å². The smallest absolute Gasteiger partial charge is 0.410 e. The molecule has 2 aromatic rings. The van der Waals surface area contributed by atoms with Crippen LogP contribution in [-0.4, -0.2) is 63.8 Å². The average Bonchev–Trinajstić information content (AvgIpc) is 3.34. The molecule has 1 aromatic heterocycles. The Morgan fingerprint density at radius 3 is 2.57 bits per heavy atom. The van der Waals surface area contributed by atoms with Gasteiger partial charge in [0.1, 0.15) is 5.60 Å². The lowest BCUT2D eigenvalue weighted by atomic mass is 9.84. The summed E-state index contributed by atoms with van der Waals surface area (Å²) in [4.78, 5) is 44.7. The van der Waals surface area contributed by atoms with Crippen LogP contribution in [0.2, 0.25) is 0 Å². The van der Waals surface area contributed by atoms with Crippen molar-refractivity contribution >= 4 is 28.7 Å². The Bertz CT molecular complexity index is 983. The van der Waals surface area contributed by atoms with E-state index in [-0.39, 0.29) is 17.7 Å². The Morgan fingerprint density at radius 2 is 1.80 bits per heavy atom. The molecule has 2 amide bonds. The van der Waals surface area contributed by atoms with E-state index in [2.05, 4.69) is 4.98 Å². The number of likely N-dealkylation sites (tertiary alicyclic amines) is 1. The molecule has 3 fully saturated rings. The predicted octanol–water partition coefficient (Wildman–Crippen LogP) is 3.50. The van der Waals surface area contributed by atoms with Crippen LogP contribution in [-0.2, 0) is 9.53 Å². The van der Waals surface area contributed by atoms with Gasteiger partial charge in [-0.15, -0.1) is 0 Å². The molecule has 1 aliphatic carbocycles. The largest absolute Gasteiger partial charge is 0.441 e. The van der Waals surface area contributed by atoms with Gasteiger partial charge in [-0.05, 0) is 44.6 Å². The second-order valence-electron chi connectivity index (χ2n) is 8.84. The highest BCUT2D eigenvalue weighted by molar-refractivity contribution is 6.44. The normalized spacial score (nSPS) is 21.9. The number of hydrogen-bond donors (Lipinski definition) is 1. The molecule has 2 aliphatic heterocycles. The minimum absolute atomic E-state index is 0.0750. The number of hydrogen-bond acceptors (Lipinski definition) is 4. The molecule has 1 aromatic carbocycles. The first-order valence-electron chi connectivity index (χ1n) is 11.0. The Hall–Kier alpha value is -2.83. The molecule has 0 radical (unpaired) electrons. The molecule has 158 valence electrons. The summed E-state index contributed by atoms with van der Waals surface area (Å²) in [5.41, 5.74) is 0.963. The second kappa shape index (κ2) is 7.45. The first-order chi connectivity index (χ1) is 14.6. The van der Waals surface area contributed by atoms with Crippen molar-refractivity contribution in [1.29, 1.82) is 0 Å². The third-order valence-electron chi connectivity index (χ3n) is 6.98. The molecule has 3 heterocycles. The zero-order chi connectivity index (χ0) is 20.7. The van der Waals surface area contributed by atoms with Gasteiger partial charge in [0.05, 0.1) is 12.1 Å². The number of Topliss-reactive ketones (excluding diaryl/α,β-unsaturated/α-hetero) is 1. The van der Waals surface area contributed by atoms with Gasteiger partial charge >= 0.3 is 6.09 Å². The van der Waals surface area contributed by atoms with E-state index < -0.39 is 11.7 Å². The number of ketones is 1. The number of rotatable bonds is 3. The van der Waals surface area contributed by atoms with Crippen LogP contribution in [0.1, 0.15) is 55.3 Å². The Labute approximate surface area is 175 Å². The van der Waals surface area contributed by atoms with Gasteiger partial charge in [-0.2, -0.15) is 0 Å². The quantitative estimate of drug-likeness (QED) is 0.621. The van der Waals surface area contributed by atoms with Crippen LogP contribution >= 0.6 is 0 Å². The minimum Gasteiger partial charge on any atom is -0.441 e. The van der Waals surface area contributed by atoms with Crippen LogP contribution in [0.5, 0.6) is 0 Å². The van der Waals surface area contributed by atoms with Crippen LogP contribution in [0.15, 0.2) is 30.5 Å². The predicted molar refractivity (Wildman–Crippen MR) is 111 cm³/mol. The fraction of sp³-hybridized carbons (Fsp3) is 0.522. The van der Waals surface area contributed by atoms with Crippen LogP contribution < -0.4 is 0 Å². The lowest BCUT2D eigenvalue weighted by molar-refractivity contribution is -0.127. The number of carbonyl (C=O) groups is 3. The number of ether oxygens (including phenoxy) is 1. The van der Waals surface area contributed by atoms with E-state index in [1.54, 1.807) is 11.1 Å². The highest BCUT2D eigenvalue weighted by Crippen LogP contribution is 2.38. The Kier molecular flexibility index (Phi) is 4.76. The van der Waals surface area contributed by atoms with Crippen molar-refractivity contribution < 1.29 is 19.1 Å². The van der Waals surface area contributed by atoms with Crippen molar-refractivity contribution in [3.63, 3.8) is 0 Å². The maximum absolute atomic E-state index is 12.8. The number of aromatic nitrogens is 1. The first kappa shape index (κ1) is 19.2. The molecular formula is C23H27N3O4. The summed E-state index contributed by atoms with van der Waals surface area (Å²) < 4.78 is 5.81. The van der Waals surface area contributed by atoms with Crippen molar-refractivity contribution in [2.45, 2.75) is 56.6 Å². The molecule has 5 rings (SSSR count). The standard InChI is InChI=1S/C23H27N3O4/c27-20(18-14-24-19-7-3-2-6-17(18)19)21(28)25-12-8-16(9-13-25)26-15-23(30-22(26)29)10-4-1-5-11-23/h2-3,6-7,14,16,24H,1,4-5,8-13,15H2. The maximum atomic E-state index is 12.8. The van der Waals surface area contributed by atoms with Crippen LogP contribution in [0.3, 0.4) is 0 Å². The topological polar surface area (TPSA) is 82.7 Å². The fourth-order valence-electron chi connectivity index (χ4n) is 5.28. The third-order valence-corrected chi connectivity index (χ3v) is 6.98. The monoisotopic (exact) mass is 409 g/mol. The van der Waals surface area contributed by atoms with Gasteiger partial charge in [-0.3, -0.25) is 9.59 Å². The van der Waals surface area contributed by atoms with Crippen molar-refractivity contribution in [3.05, 3.63) is 36.0 Å². The summed E-state index contributed by atoms with van der Waals surface area (Å²) in [5.74, 6) is -0.946. The summed E-state index contributed by atoms with van der Waals surface area (Å²) in [6.07, 6.45) is 8.10. The molecule has 7 nitrogen and oxygen atoms in total. The summed E-state index contributed by atoms with van der Waals surface area (Å²) in [5, 5.41) is 0.767. The van der Waals surface area contributed by atoms with E-state index in [1.165, 1.54) is 6.42 Å². The number of benzene rings is 1. The number of nitrogens with zero attached hydrogens (tertiary/aromatic N) is 2. The third kappa shape index (κ3) is 3.26. The van der Waals surface area contributed by atoms with E-state index >= 15 is 0 Å². The van der Waals surface area contributed by atoms with E-state index in [1.807, 2.05) is 29.2 Å². The molecule has 3 aliphatic rings. The Balaban J connectivity index is 1.22. The molecule has 1 N–H and O–H groups in total.